The van der Waals surface area contributed by atoms with Crippen molar-refractivity contribution in [2.45, 2.75) is 39.2 Å². The molecule has 2 nitrogen and oxygen atoms in total. The zero-order valence-corrected chi connectivity index (χ0v) is 11.2. The van der Waals surface area contributed by atoms with Crippen molar-refractivity contribution in [3.8, 4) is 0 Å². The Kier molecular flexibility index (Phi) is 3.43. The van der Waals surface area contributed by atoms with Gasteiger partial charge in [-0.1, -0.05) is 31.5 Å². The van der Waals surface area contributed by atoms with E-state index in [2.05, 4.69) is 50.1 Å². The molecular weight excluding hydrogens is 208 g/mol. The molecule has 0 aliphatic heterocycles. The number of aryl methyl sites for hydroxylation is 1. The van der Waals surface area contributed by atoms with E-state index < -0.39 is 0 Å². The van der Waals surface area contributed by atoms with Crippen LogP contribution in [0.1, 0.15) is 31.7 Å². The van der Waals surface area contributed by atoms with Crippen molar-refractivity contribution in [3.05, 3.63) is 29.8 Å². The van der Waals surface area contributed by atoms with Crippen LogP contribution < -0.4 is 10.6 Å². The average molecular weight is 232 g/mol. The van der Waals surface area contributed by atoms with Gasteiger partial charge in [0.25, 0.3) is 0 Å². The minimum Gasteiger partial charge on any atom is -0.374 e. The Morgan fingerprint density at radius 3 is 2.71 bits per heavy atom. The number of nitrogens with two attached hydrogens (primary N) is 1. The quantitative estimate of drug-likeness (QED) is 0.868. The molecule has 0 bridgehead atoms. The van der Waals surface area contributed by atoms with Crippen LogP contribution in [0, 0.1) is 12.3 Å². The Balaban J connectivity index is 2.12. The van der Waals surface area contributed by atoms with Crippen LogP contribution in [0.5, 0.6) is 0 Å². The number of rotatable bonds is 3. The molecular formula is C15H24N2. The van der Waals surface area contributed by atoms with Crippen LogP contribution in [-0.2, 0) is 0 Å². The zero-order valence-electron chi connectivity index (χ0n) is 11.2. The highest BCUT2D eigenvalue weighted by Gasteiger charge is 2.37. The number of anilines is 1. The second-order valence-corrected chi connectivity index (χ2v) is 5.80. The average Bonchev–Trinajstić information content (AvgIpc) is 2.59. The molecule has 0 aromatic heterocycles. The van der Waals surface area contributed by atoms with Crippen LogP contribution in [0.2, 0.25) is 0 Å². The maximum atomic E-state index is 6.25. The van der Waals surface area contributed by atoms with Crippen LogP contribution in [0.4, 0.5) is 5.69 Å². The minimum atomic E-state index is 0.275. The predicted molar refractivity (Wildman–Crippen MR) is 74.4 cm³/mol. The third kappa shape index (κ3) is 2.47. The maximum Gasteiger partial charge on any atom is 0.0393 e. The summed E-state index contributed by atoms with van der Waals surface area (Å²) in [6.07, 6.45) is 3.71. The van der Waals surface area contributed by atoms with Crippen molar-refractivity contribution >= 4 is 5.69 Å². The predicted octanol–water partition coefficient (Wildman–Crippen LogP) is 2.95. The van der Waals surface area contributed by atoms with E-state index >= 15 is 0 Å². The molecule has 2 atom stereocenters. The molecule has 0 amide bonds. The summed E-state index contributed by atoms with van der Waals surface area (Å²) in [6, 6.07) is 8.92. The second-order valence-electron chi connectivity index (χ2n) is 5.80. The van der Waals surface area contributed by atoms with Crippen LogP contribution in [0.25, 0.3) is 0 Å². The molecule has 0 heterocycles. The molecule has 0 radical (unpaired) electrons. The van der Waals surface area contributed by atoms with Gasteiger partial charge in [-0.3, -0.25) is 0 Å². The van der Waals surface area contributed by atoms with E-state index in [4.69, 9.17) is 5.73 Å². The number of hydrogen-bond donors (Lipinski definition) is 1. The van der Waals surface area contributed by atoms with Gasteiger partial charge in [-0.15, -0.1) is 0 Å². The maximum absolute atomic E-state index is 6.25. The Labute approximate surface area is 105 Å². The fourth-order valence-corrected chi connectivity index (χ4v) is 3.07. The van der Waals surface area contributed by atoms with Crippen molar-refractivity contribution in [3.63, 3.8) is 0 Å². The third-order valence-electron chi connectivity index (χ3n) is 4.28. The second kappa shape index (κ2) is 4.69. The molecule has 0 spiro atoms. The zero-order chi connectivity index (χ0) is 12.5. The lowest BCUT2D eigenvalue weighted by Crippen LogP contribution is -2.43. The van der Waals surface area contributed by atoms with Gasteiger partial charge in [0, 0.05) is 30.7 Å². The van der Waals surface area contributed by atoms with E-state index in [1.54, 1.807) is 0 Å². The molecule has 2 N–H and O–H groups in total. The van der Waals surface area contributed by atoms with Gasteiger partial charge in [0.15, 0.2) is 0 Å². The topological polar surface area (TPSA) is 29.3 Å². The molecule has 17 heavy (non-hydrogen) atoms. The third-order valence-corrected chi connectivity index (χ3v) is 4.28. The minimum absolute atomic E-state index is 0.275. The number of hydrogen-bond acceptors (Lipinski definition) is 2. The van der Waals surface area contributed by atoms with Crippen molar-refractivity contribution < 1.29 is 0 Å². The summed E-state index contributed by atoms with van der Waals surface area (Å²) >= 11 is 0. The van der Waals surface area contributed by atoms with Gasteiger partial charge in [-0.2, -0.15) is 0 Å². The summed E-state index contributed by atoms with van der Waals surface area (Å²) < 4.78 is 0. The van der Waals surface area contributed by atoms with E-state index in [1.165, 1.54) is 30.5 Å². The summed E-state index contributed by atoms with van der Waals surface area (Å²) in [7, 11) is 2.18. The van der Waals surface area contributed by atoms with Crippen molar-refractivity contribution in [1.82, 2.24) is 0 Å². The number of nitrogens with zero attached hydrogens (tertiary/aromatic N) is 1. The van der Waals surface area contributed by atoms with Gasteiger partial charge in [-0.25, -0.2) is 0 Å². The molecule has 1 aliphatic rings. The van der Waals surface area contributed by atoms with Crippen LogP contribution in [0.15, 0.2) is 24.3 Å². The molecule has 1 aromatic rings. The van der Waals surface area contributed by atoms with Crippen LogP contribution >= 0.6 is 0 Å². The highest BCUT2D eigenvalue weighted by molar-refractivity contribution is 5.52. The first-order valence-electron chi connectivity index (χ1n) is 6.55. The number of para-hydroxylation sites is 1. The molecule has 1 saturated carbocycles. The molecule has 1 aliphatic carbocycles. The smallest absolute Gasteiger partial charge is 0.0393 e. The first-order chi connectivity index (χ1) is 8.03. The highest BCUT2D eigenvalue weighted by atomic mass is 15.1. The Morgan fingerprint density at radius 2 is 2.12 bits per heavy atom. The van der Waals surface area contributed by atoms with Gasteiger partial charge < -0.3 is 10.6 Å². The standard InChI is InChI=1S/C15H24N2/c1-12-7-4-5-8-13(12)17(3)11-15(2)10-6-9-14(15)16/h4-5,7-8,14H,6,9-11,16H2,1-3H3. The Hall–Kier alpha value is -1.02. The van der Waals surface area contributed by atoms with E-state index in [-0.39, 0.29) is 5.41 Å². The lowest BCUT2D eigenvalue weighted by molar-refractivity contribution is 0.301. The van der Waals surface area contributed by atoms with E-state index in [0.717, 1.165) is 6.54 Å². The normalized spacial score (nSPS) is 28.4. The lowest BCUT2D eigenvalue weighted by Gasteiger charge is -2.35. The summed E-state index contributed by atoms with van der Waals surface area (Å²) in [5, 5.41) is 0. The molecule has 1 fully saturated rings. The van der Waals surface area contributed by atoms with Crippen molar-refractivity contribution in [2.24, 2.45) is 11.1 Å². The van der Waals surface area contributed by atoms with Gasteiger partial charge in [0.2, 0.25) is 0 Å². The van der Waals surface area contributed by atoms with Gasteiger partial charge in [0.1, 0.15) is 0 Å². The van der Waals surface area contributed by atoms with Crippen LogP contribution in [0.3, 0.4) is 0 Å². The van der Waals surface area contributed by atoms with Crippen LogP contribution in [-0.4, -0.2) is 19.6 Å². The summed E-state index contributed by atoms with van der Waals surface area (Å²) in [6.45, 7) is 5.56. The van der Waals surface area contributed by atoms with Gasteiger partial charge in [-0.05, 0) is 31.4 Å². The fourth-order valence-electron chi connectivity index (χ4n) is 3.07. The van der Waals surface area contributed by atoms with Gasteiger partial charge in [0.05, 0.1) is 0 Å². The largest absolute Gasteiger partial charge is 0.374 e. The summed E-state index contributed by atoms with van der Waals surface area (Å²) in [5.41, 5.74) is 9.19. The fraction of sp³-hybridized carbons (Fsp3) is 0.600. The first kappa shape index (κ1) is 12.4. The van der Waals surface area contributed by atoms with Gasteiger partial charge >= 0.3 is 0 Å². The van der Waals surface area contributed by atoms with Crippen molar-refractivity contribution in [2.75, 3.05) is 18.5 Å². The monoisotopic (exact) mass is 232 g/mol. The molecule has 94 valence electrons. The molecule has 2 heteroatoms. The molecule has 2 unspecified atom stereocenters. The molecule has 0 saturated heterocycles. The highest BCUT2D eigenvalue weighted by Crippen LogP contribution is 2.38. The SMILES string of the molecule is Cc1ccccc1N(C)CC1(C)CCCC1N. The van der Waals surface area contributed by atoms with E-state index in [9.17, 15) is 0 Å². The number of benzene rings is 1. The van der Waals surface area contributed by atoms with E-state index in [1.807, 2.05) is 0 Å². The molecule has 2 rings (SSSR count). The molecule has 1 aromatic carbocycles. The van der Waals surface area contributed by atoms with E-state index in [0.29, 0.717) is 6.04 Å². The first-order valence-corrected chi connectivity index (χ1v) is 6.55. The lowest BCUT2D eigenvalue weighted by atomic mass is 9.84. The Morgan fingerprint density at radius 1 is 1.41 bits per heavy atom. The summed E-state index contributed by atoms with van der Waals surface area (Å²) in [4.78, 5) is 2.36. The van der Waals surface area contributed by atoms with Crippen molar-refractivity contribution in [1.29, 1.82) is 0 Å². The summed E-state index contributed by atoms with van der Waals surface area (Å²) in [5.74, 6) is 0. The Bertz CT molecular complexity index is 388.